The van der Waals surface area contributed by atoms with E-state index in [1.807, 2.05) is 19.9 Å². The summed E-state index contributed by atoms with van der Waals surface area (Å²) in [6, 6.07) is 10.4. The Morgan fingerprint density at radius 2 is 1.85 bits per heavy atom. The second-order valence-corrected chi connectivity index (χ2v) is 9.87. The van der Waals surface area contributed by atoms with Crippen molar-refractivity contribution in [3.63, 3.8) is 0 Å². The van der Waals surface area contributed by atoms with Crippen LogP contribution in [0.2, 0.25) is 5.02 Å². The Bertz CT molecular complexity index is 1090. The summed E-state index contributed by atoms with van der Waals surface area (Å²) in [5, 5.41) is 3.86. The maximum absolute atomic E-state index is 12.3. The van der Waals surface area contributed by atoms with Crippen molar-refractivity contribution in [3.8, 4) is 0 Å². The van der Waals surface area contributed by atoms with E-state index in [9.17, 15) is 13.2 Å². The van der Waals surface area contributed by atoms with Crippen molar-refractivity contribution < 1.29 is 13.2 Å². The fourth-order valence-electron chi connectivity index (χ4n) is 2.62. The molecule has 5 nitrogen and oxygen atoms in total. The first-order valence-electron chi connectivity index (χ1n) is 8.41. The van der Waals surface area contributed by atoms with E-state index in [0.717, 1.165) is 21.3 Å². The molecular weight excluding hydrogens is 404 g/mol. The zero-order chi connectivity index (χ0) is 19.6. The van der Waals surface area contributed by atoms with E-state index < -0.39 is 9.84 Å². The number of aromatic nitrogens is 1. The maximum Gasteiger partial charge on any atom is 0.226 e. The second kappa shape index (κ2) is 7.96. The van der Waals surface area contributed by atoms with Crippen molar-refractivity contribution in [1.82, 2.24) is 4.98 Å². The Morgan fingerprint density at radius 3 is 2.56 bits per heavy atom. The summed E-state index contributed by atoms with van der Waals surface area (Å²) in [4.78, 5) is 16.8. The fourth-order valence-corrected chi connectivity index (χ4v) is 5.03. The van der Waals surface area contributed by atoms with Gasteiger partial charge in [0.05, 0.1) is 20.9 Å². The first kappa shape index (κ1) is 19.8. The number of fused-ring (bicyclic) bond motifs is 1. The van der Waals surface area contributed by atoms with Crippen LogP contribution < -0.4 is 5.32 Å². The summed E-state index contributed by atoms with van der Waals surface area (Å²) >= 11 is 7.46. The molecule has 1 aromatic heterocycles. The number of nitrogens with one attached hydrogen (secondary N) is 1. The summed E-state index contributed by atoms with van der Waals surface area (Å²) < 4.78 is 25.6. The smallest absolute Gasteiger partial charge is 0.226 e. The van der Waals surface area contributed by atoms with Crippen molar-refractivity contribution in [2.75, 3.05) is 11.1 Å². The molecule has 1 amide bonds. The molecule has 0 unspecified atom stereocenters. The van der Waals surface area contributed by atoms with Crippen LogP contribution in [0, 0.1) is 13.8 Å². The largest absolute Gasteiger partial charge is 0.302 e. The average Bonchev–Trinajstić information content (AvgIpc) is 3.01. The number of anilines is 1. The number of carbonyl (C=O) groups excluding carboxylic acids is 1. The quantitative estimate of drug-likeness (QED) is 0.621. The average molecular weight is 423 g/mol. The highest BCUT2D eigenvalue weighted by Crippen LogP contribution is 2.31. The molecule has 8 heteroatoms. The minimum Gasteiger partial charge on any atom is -0.302 e. The highest BCUT2D eigenvalue weighted by atomic mass is 35.5. The fraction of sp³-hybridized carbons (Fsp3) is 0.263. The van der Waals surface area contributed by atoms with E-state index >= 15 is 0 Å². The van der Waals surface area contributed by atoms with Crippen LogP contribution in [-0.2, 0) is 14.6 Å². The van der Waals surface area contributed by atoms with E-state index in [1.54, 1.807) is 30.3 Å². The van der Waals surface area contributed by atoms with Crippen molar-refractivity contribution in [1.29, 1.82) is 0 Å². The van der Waals surface area contributed by atoms with Gasteiger partial charge in [-0.3, -0.25) is 4.79 Å². The first-order chi connectivity index (χ1) is 12.8. The Hall–Kier alpha value is -1.96. The van der Waals surface area contributed by atoms with Gasteiger partial charge in [-0.2, -0.15) is 0 Å². The van der Waals surface area contributed by atoms with Crippen LogP contribution in [0.3, 0.4) is 0 Å². The molecule has 0 aliphatic heterocycles. The zero-order valence-electron chi connectivity index (χ0n) is 15.0. The Kier molecular flexibility index (Phi) is 5.83. The van der Waals surface area contributed by atoms with E-state index in [0.29, 0.717) is 10.2 Å². The van der Waals surface area contributed by atoms with Gasteiger partial charge in [-0.05, 0) is 50.1 Å². The number of thiazole rings is 1. The summed E-state index contributed by atoms with van der Waals surface area (Å²) in [6.45, 7) is 3.78. The van der Waals surface area contributed by atoms with Gasteiger partial charge in [0.25, 0.3) is 0 Å². The number of hydrogen-bond donors (Lipinski definition) is 1. The molecular formula is C19H19ClN2O3S2. The van der Waals surface area contributed by atoms with Gasteiger partial charge >= 0.3 is 0 Å². The number of sulfone groups is 1. The van der Waals surface area contributed by atoms with Crippen molar-refractivity contribution in [2.45, 2.75) is 31.6 Å². The van der Waals surface area contributed by atoms with Crippen LogP contribution in [0.1, 0.15) is 24.0 Å². The predicted molar refractivity (Wildman–Crippen MR) is 110 cm³/mol. The molecule has 0 fully saturated rings. The summed E-state index contributed by atoms with van der Waals surface area (Å²) in [5.41, 5.74) is 2.64. The van der Waals surface area contributed by atoms with Crippen LogP contribution in [0.25, 0.3) is 10.2 Å². The van der Waals surface area contributed by atoms with E-state index in [4.69, 9.17) is 11.6 Å². The molecule has 2 aromatic carbocycles. The standard InChI is InChI=1S/C19H19ClN2O3S2/c1-12-5-7-14(8-6-12)27(24,25)11-3-4-17(23)21-19-22-18-13(2)15(20)9-10-16(18)26-19/h5-10H,3-4,11H2,1-2H3,(H,21,22,23). The minimum absolute atomic E-state index is 0.0714. The van der Waals surface area contributed by atoms with Crippen LogP contribution in [0.5, 0.6) is 0 Å². The van der Waals surface area contributed by atoms with Gasteiger partial charge in [0, 0.05) is 11.4 Å². The van der Waals surface area contributed by atoms with Gasteiger partial charge in [-0.25, -0.2) is 13.4 Å². The predicted octanol–water partition coefficient (Wildman–Crippen LogP) is 4.76. The highest BCUT2D eigenvalue weighted by molar-refractivity contribution is 7.91. The molecule has 1 heterocycles. The highest BCUT2D eigenvalue weighted by Gasteiger charge is 2.16. The third-order valence-electron chi connectivity index (χ3n) is 4.19. The number of nitrogens with zero attached hydrogens (tertiary/aromatic N) is 1. The molecule has 1 N–H and O–H groups in total. The van der Waals surface area contributed by atoms with Gasteiger partial charge in [-0.1, -0.05) is 40.6 Å². The molecule has 3 aromatic rings. The third-order valence-corrected chi connectivity index (χ3v) is 7.35. The first-order valence-corrected chi connectivity index (χ1v) is 11.3. The lowest BCUT2D eigenvalue weighted by molar-refractivity contribution is -0.116. The number of hydrogen-bond acceptors (Lipinski definition) is 5. The topological polar surface area (TPSA) is 76.1 Å². The maximum atomic E-state index is 12.3. The van der Waals surface area contributed by atoms with Gasteiger partial charge in [-0.15, -0.1) is 0 Å². The zero-order valence-corrected chi connectivity index (χ0v) is 17.3. The molecule has 27 heavy (non-hydrogen) atoms. The van der Waals surface area contributed by atoms with Crippen LogP contribution in [0.15, 0.2) is 41.3 Å². The molecule has 3 rings (SSSR count). The Labute approximate surface area is 167 Å². The van der Waals surface area contributed by atoms with Crippen LogP contribution in [-0.4, -0.2) is 25.1 Å². The van der Waals surface area contributed by atoms with Gasteiger partial charge in [0.2, 0.25) is 5.91 Å². The van der Waals surface area contributed by atoms with Crippen LogP contribution in [0.4, 0.5) is 5.13 Å². The number of rotatable bonds is 6. The van der Waals surface area contributed by atoms with Crippen molar-refractivity contribution >= 4 is 54.0 Å². The molecule has 0 saturated heterocycles. The summed E-state index contributed by atoms with van der Waals surface area (Å²) in [6.07, 6.45) is 0.360. The normalized spacial score (nSPS) is 11.7. The molecule has 0 saturated carbocycles. The summed E-state index contributed by atoms with van der Waals surface area (Å²) in [5.74, 6) is -0.324. The minimum atomic E-state index is -3.38. The van der Waals surface area contributed by atoms with Gasteiger partial charge < -0.3 is 5.32 Å². The summed E-state index contributed by atoms with van der Waals surface area (Å²) in [7, 11) is -3.38. The van der Waals surface area contributed by atoms with Gasteiger partial charge in [0.15, 0.2) is 15.0 Å². The number of benzene rings is 2. The monoisotopic (exact) mass is 422 g/mol. The molecule has 0 atom stereocenters. The number of carbonyl (C=O) groups is 1. The van der Waals surface area contributed by atoms with E-state index in [1.165, 1.54) is 11.3 Å². The van der Waals surface area contributed by atoms with E-state index in [-0.39, 0.29) is 29.4 Å². The number of halogens is 1. The SMILES string of the molecule is Cc1ccc(S(=O)(=O)CCCC(=O)Nc2nc3c(C)c(Cl)ccc3s2)cc1. The molecule has 0 aliphatic carbocycles. The lowest BCUT2D eigenvalue weighted by atomic mass is 10.2. The molecule has 142 valence electrons. The van der Waals surface area contributed by atoms with Crippen molar-refractivity contribution in [2.24, 2.45) is 0 Å². The molecule has 0 spiro atoms. The Balaban J connectivity index is 1.58. The van der Waals surface area contributed by atoms with Crippen LogP contribution >= 0.6 is 22.9 Å². The number of amides is 1. The molecule has 0 bridgehead atoms. The molecule has 0 radical (unpaired) electrons. The second-order valence-electron chi connectivity index (χ2n) is 6.32. The van der Waals surface area contributed by atoms with Crippen molar-refractivity contribution in [3.05, 3.63) is 52.5 Å². The van der Waals surface area contributed by atoms with Gasteiger partial charge in [0.1, 0.15) is 0 Å². The van der Waals surface area contributed by atoms with E-state index in [2.05, 4.69) is 10.3 Å². The molecule has 0 aliphatic rings. The Morgan fingerprint density at radius 1 is 1.15 bits per heavy atom. The third kappa shape index (κ3) is 4.66. The lowest BCUT2D eigenvalue weighted by Crippen LogP contribution is -2.14. The lowest BCUT2D eigenvalue weighted by Gasteiger charge is -2.05. The number of aryl methyl sites for hydroxylation is 2.